The van der Waals surface area contributed by atoms with E-state index in [2.05, 4.69) is 6.07 Å². The average Bonchev–Trinajstić information content (AvgIpc) is 2.58. The largest absolute Gasteiger partial charge is 0.332 e. The maximum atomic E-state index is 12.8. The molecule has 5 nitrogen and oxygen atoms in total. The molecule has 0 fully saturated rings. The fourth-order valence-electron chi connectivity index (χ4n) is 2.38. The lowest BCUT2D eigenvalue weighted by atomic mass is 10.1. The van der Waals surface area contributed by atoms with Crippen molar-refractivity contribution in [2.24, 2.45) is 0 Å². The quantitative estimate of drug-likeness (QED) is 0.825. The van der Waals surface area contributed by atoms with E-state index < -0.39 is 9.84 Å². The Morgan fingerprint density at radius 3 is 2.08 bits per heavy atom. The fourth-order valence-corrected chi connectivity index (χ4v) is 3.01. The summed E-state index contributed by atoms with van der Waals surface area (Å²) in [6.45, 7) is 4.26. The summed E-state index contributed by atoms with van der Waals surface area (Å²) in [4.78, 5) is 14.7. The Hall–Kier alpha value is -2.65. The van der Waals surface area contributed by atoms with Gasteiger partial charge in [0.25, 0.3) is 5.91 Å². The molecule has 0 aliphatic heterocycles. The van der Waals surface area contributed by atoms with E-state index in [0.717, 1.165) is 11.8 Å². The van der Waals surface area contributed by atoms with Crippen LogP contribution < -0.4 is 0 Å². The molecule has 0 saturated heterocycles. The number of carbonyl (C=O) groups is 1. The predicted octanol–water partition coefficient (Wildman–Crippen LogP) is 3.01. The molecular formula is C19H20N2O3S. The number of amides is 1. The molecule has 0 aliphatic rings. The Kier molecular flexibility index (Phi) is 5.60. The van der Waals surface area contributed by atoms with Gasteiger partial charge in [-0.05, 0) is 55.8 Å². The molecule has 0 unspecified atom stereocenters. The van der Waals surface area contributed by atoms with Crippen molar-refractivity contribution in [1.82, 2.24) is 4.90 Å². The van der Waals surface area contributed by atoms with Gasteiger partial charge in [-0.15, -0.1) is 0 Å². The number of nitrogens with zero attached hydrogens (tertiary/aromatic N) is 2. The van der Waals surface area contributed by atoms with Crippen LogP contribution in [0.2, 0.25) is 0 Å². The summed E-state index contributed by atoms with van der Waals surface area (Å²) < 4.78 is 23.1. The van der Waals surface area contributed by atoms with Gasteiger partial charge in [-0.1, -0.05) is 12.1 Å². The Morgan fingerprint density at radius 1 is 1.08 bits per heavy atom. The second-order valence-electron chi connectivity index (χ2n) is 6.13. The summed E-state index contributed by atoms with van der Waals surface area (Å²) in [5, 5.41) is 8.86. The molecule has 2 rings (SSSR count). The highest BCUT2D eigenvalue weighted by molar-refractivity contribution is 7.90. The Bertz CT molecular complexity index is 893. The molecule has 0 N–H and O–H groups in total. The van der Waals surface area contributed by atoms with Crippen molar-refractivity contribution in [1.29, 1.82) is 5.26 Å². The fraction of sp³-hybridized carbons (Fsp3) is 0.263. The third kappa shape index (κ3) is 4.68. The van der Waals surface area contributed by atoms with Gasteiger partial charge in [0.15, 0.2) is 9.84 Å². The lowest BCUT2D eigenvalue weighted by Crippen LogP contribution is -2.36. The maximum Gasteiger partial charge on any atom is 0.254 e. The molecule has 25 heavy (non-hydrogen) atoms. The van der Waals surface area contributed by atoms with Crippen molar-refractivity contribution in [3.8, 4) is 6.07 Å². The number of rotatable bonds is 5. The first kappa shape index (κ1) is 18.7. The molecule has 0 aliphatic carbocycles. The number of hydrogen-bond acceptors (Lipinski definition) is 4. The van der Waals surface area contributed by atoms with Gasteiger partial charge >= 0.3 is 0 Å². The topological polar surface area (TPSA) is 78.2 Å². The zero-order chi connectivity index (χ0) is 18.6. The minimum Gasteiger partial charge on any atom is -0.332 e. The zero-order valence-corrected chi connectivity index (χ0v) is 15.2. The summed E-state index contributed by atoms with van der Waals surface area (Å²) >= 11 is 0. The zero-order valence-electron chi connectivity index (χ0n) is 14.4. The van der Waals surface area contributed by atoms with Crippen molar-refractivity contribution < 1.29 is 13.2 Å². The molecule has 0 bridgehead atoms. The monoisotopic (exact) mass is 356 g/mol. The minimum atomic E-state index is -3.29. The van der Waals surface area contributed by atoms with Crippen LogP contribution in [0.4, 0.5) is 0 Å². The summed E-state index contributed by atoms with van der Waals surface area (Å²) in [6, 6.07) is 15.1. The molecule has 1 amide bonds. The molecule has 2 aromatic rings. The van der Waals surface area contributed by atoms with Gasteiger partial charge in [-0.25, -0.2) is 8.42 Å². The van der Waals surface area contributed by atoms with Gasteiger partial charge in [-0.3, -0.25) is 4.79 Å². The first-order valence-electron chi connectivity index (χ1n) is 7.82. The van der Waals surface area contributed by atoms with Crippen LogP contribution in [-0.2, 0) is 16.4 Å². The third-order valence-corrected chi connectivity index (χ3v) is 4.98. The first-order valence-corrected chi connectivity index (χ1v) is 9.71. The van der Waals surface area contributed by atoms with Gasteiger partial charge < -0.3 is 4.90 Å². The van der Waals surface area contributed by atoms with Crippen LogP contribution in [0.15, 0.2) is 53.4 Å². The van der Waals surface area contributed by atoms with Crippen LogP contribution in [0.25, 0.3) is 0 Å². The van der Waals surface area contributed by atoms with Crippen LogP contribution in [0, 0.1) is 11.3 Å². The van der Waals surface area contributed by atoms with Crippen LogP contribution in [-0.4, -0.2) is 31.5 Å². The first-order chi connectivity index (χ1) is 11.7. The van der Waals surface area contributed by atoms with E-state index in [1.54, 1.807) is 17.0 Å². The Balaban J connectivity index is 2.24. The summed E-state index contributed by atoms with van der Waals surface area (Å²) in [5.41, 5.74) is 1.94. The molecular weight excluding hydrogens is 336 g/mol. The van der Waals surface area contributed by atoms with Gasteiger partial charge in [0.2, 0.25) is 0 Å². The third-order valence-electron chi connectivity index (χ3n) is 3.85. The van der Waals surface area contributed by atoms with E-state index >= 15 is 0 Å². The highest BCUT2D eigenvalue weighted by Gasteiger charge is 2.19. The summed E-state index contributed by atoms with van der Waals surface area (Å²) in [7, 11) is -3.29. The van der Waals surface area contributed by atoms with E-state index in [1.165, 1.54) is 24.3 Å². The smallest absolute Gasteiger partial charge is 0.254 e. The van der Waals surface area contributed by atoms with E-state index in [-0.39, 0.29) is 16.8 Å². The van der Waals surface area contributed by atoms with E-state index in [4.69, 9.17) is 5.26 Å². The molecule has 0 radical (unpaired) electrons. The molecule has 0 heterocycles. The second kappa shape index (κ2) is 7.49. The Labute approximate surface area is 148 Å². The van der Waals surface area contributed by atoms with Gasteiger partial charge in [0, 0.05) is 24.4 Å². The normalized spacial score (nSPS) is 11.2. The minimum absolute atomic E-state index is 0.0299. The number of nitriles is 1. The van der Waals surface area contributed by atoms with Crippen LogP contribution in [0.5, 0.6) is 0 Å². The standard InChI is InChI=1S/C19H20N2O3S/c1-14(2)21(13-16-6-4-15(12-20)5-7-16)19(22)17-8-10-18(11-9-17)25(3,23)24/h4-11,14H,13H2,1-3H3. The van der Waals surface area contributed by atoms with Crippen molar-refractivity contribution in [2.75, 3.05) is 6.26 Å². The van der Waals surface area contributed by atoms with Crippen molar-refractivity contribution >= 4 is 15.7 Å². The Morgan fingerprint density at radius 2 is 1.64 bits per heavy atom. The number of benzene rings is 2. The highest BCUT2D eigenvalue weighted by atomic mass is 32.2. The predicted molar refractivity (Wildman–Crippen MR) is 95.7 cm³/mol. The molecule has 0 spiro atoms. The van der Waals surface area contributed by atoms with E-state index in [0.29, 0.717) is 17.7 Å². The highest BCUT2D eigenvalue weighted by Crippen LogP contribution is 2.16. The number of hydrogen-bond donors (Lipinski definition) is 0. The second-order valence-corrected chi connectivity index (χ2v) is 8.15. The van der Waals surface area contributed by atoms with Crippen LogP contribution in [0.3, 0.4) is 0 Å². The molecule has 0 saturated carbocycles. The van der Waals surface area contributed by atoms with Crippen LogP contribution in [0.1, 0.15) is 35.3 Å². The van der Waals surface area contributed by atoms with Gasteiger partial charge in [0.1, 0.15) is 0 Å². The lowest BCUT2D eigenvalue weighted by Gasteiger charge is -2.27. The van der Waals surface area contributed by atoms with Gasteiger partial charge in [-0.2, -0.15) is 5.26 Å². The van der Waals surface area contributed by atoms with Crippen molar-refractivity contribution in [2.45, 2.75) is 31.3 Å². The molecule has 130 valence electrons. The van der Waals surface area contributed by atoms with Gasteiger partial charge in [0.05, 0.1) is 16.5 Å². The number of carbonyl (C=O) groups excluding carboxylic acids is 1. The molecule has 2 aromatic carbocycles. The summed E-state index contributed by atoms with van der Waals surface area (Å²) in [6.07, 6.45) is 1.13. The lowest BCUT2D eigenvalue weighted by molar-refractivity contribution is 0.0690. The summed E-state index contributed by atoms with van der Waals surface area (Å²) in [5.74, 6) is -0.167. The van der Waals surface area contributed by atoms with E-state index in [1.807, 2.05) is 26.0 Å². The van der Waals surface area contributed by atoms with E-state index in [9.17, 15) is 13.2 Å². The van der Waals surface area contributed by atoms with Crippen molar-refractivity contribution in [3.05, 3.63) is 65.2 Å². The number of sulfone groups is 1. The SMILES string of the molecule is CC(C)N(Cc1ccc(C#N)cc1)C(=O)c1ccc(S(C)(=O)=O)cc1. The van der Waals surface area contributed by atoms with Crippen LogP contribution >= 0.6 is 0 Å². The molecule has 0 aromatic heterocycles. The average molecular weight is 356 g/mol. The molecule has 6 heteroatoms. The van der Waals surface area contributed by atoms with Crippen molar-refractivity contribution in [3.63, 3.8) is 0 Å². The molecule has 0 atom stereocenters. The maximum absolute atomic E-state index is 12.8.